The van der Waals surface area contributed by atoms with E-state index in [0.717, 1.165) is 55.2 Å². The maximum absolute atomic E-state index is 14.1. The third-order valence-electron chi connectivity index (χ3n) is 6.04. The molecular formula is C22H24FN3O2. The number of carbonyl (C=O) groups excluding carboxylic acids is 1. The van der Waals surface area contributed by atoms with Crippen LogP contribution in [0.4, 0.5) is 21.5 Å². The Kier molecular flexibility index (Phi) is 4.05. The summed E-state index contributed by atoms with van der Waals surface area (Å²) in [4.78, 5) is 15.1. The predicted molar refractivity (Wildman–Crippen MR) is 107 cm³/mol. The monoisotopic (exact) mass is 381 g/mol. The van der Waals surface area contributed by atoms with Gasteiger partial charge < -0.3 is 20.3 Å². The highest BCUT2D eigenvalue weighted by Crippen LogP contribution is 2.43. The predicted octanol–water partition coefficient (Wildman–Crippen LogP) is 3.48. The second-order valence-electron chi connectivity index (χ2n) is 8.11. The van der Waals surface area contributed by atoms with Gasteiger partial charge in [-0.05, 0) is 49.6 Å². The number of nitrogens with zero attached hydrogens (tertiary/aromatic N) is 1. The van der Waals surface area contributed by atoms with Gasteiger partial charge in [0.1, 0.15) is 11.9 Å². The van der Waals surface area contributed by atoms with Crippen molar-refractivity contribution in [3.05, 3.63) is 53.3 Å². The largest absolute Gasteiger partial charge is 0.373 e. The molecule has 1 amide bonds. The van der Waals surface area contributed by atoms with E-state index in [1.54, 1.807) is 6.07 Å². The summed E-state index contributed by atoms with van der Waals surface area (Å²) in [5.41, 5.74) is 4.20. The lowest BCUT2D eigenvalue weighted by atomic mass is 10.1. The van der Waals surface area contributed by atoms with Crippen molar-refractivity contribution < 1.29 is 13.9 Å². The average Bonchev–Trinajstić information content (AvgIpc) is 3.27. The lowest BCUT2D eigenvalue weighted by Crippen LogP contribution is -2.44. The van der Waals surface area contributed by atoms with Crippen LogP contribution in [0.1, 0.15) is 24.0 Å². The first-order chi connectivity index (χ1) is 13.5. The van der Waals surface area contributed by atoms with Crippen LogP contribution in [0.25, 0.3) is 0 Å². The number of rotatable bonds is 3. The van der Waals surface area contributed by atoms with Gasteiger partial charge in [0, 0.05) is 42.1 Å². The molecular weight excluding hydrogens is 357 g/mol. The Labute approximate surface area is 163 Å². The highest BCUT2D eigenvalue weighted by atomic mass is 19.1. The van der Waals surface area contributed by atoms with Crippen LogP contribution in [0.3, 0.4) is 0 Å². The summed E-state index contributed by atoms with van der Waals surface area (Å²) in [7, 11) is 0. The van der Waals surface area contributed by atoms with Gasteiger partial charge in [0.25, 0.3) is 0 Å². The quantitative estimate of drug-likeness (QED) is 0.855. The SMILES string of the molecule is Cc1ccc(F)c2c1NC(C(=O)Nc1cccc(N3CCOC4(CC4)C3)c1)C2. The molecule has 1 aliphatic carbocycles. The van der Waals surface area contributed by atoms with Crippen LogP contribution >= 0.6 is 0 Å². The fourth-order valence-corrected chi connectivity index (χ4v) is 4.24. The molecule has 146 valence electrons. The molecule has 1 spiro atoms. The van der Waals surface area contributed by atoms with Crippen LogP contribution in [0.15, 0.2) is 36.4 Å². The molecule has 1 saturated carbocycles. The van der Waals surface area contributed by atoms with Gasteiger partial charge in [-0.1, -0.05) is 12.1 Å². The Morgan fingerprint density at radius 1 is 1.32 bits per heavy atom. The van der Waals surface area contributed by atoms with Crippen LogP contribution in [-0.4, -0.2) is 37.2 Å². The Balaban J connectivity index is 1.28. The zero-order valence-electron chi connectivity index (χ0n) is 15.9. The third kappa shape index (κ3) is 3.11. The van der Waals surface area contributed by atoms with Gasteiger partial charge in [0.2, 0.25) is 5.91 Å². The zero-order valence-corrected chi connectivity index (χ0v) is 15.9. The molecule has 1 atom stereocenters. The molecule has 0 radical (unpaired) electrons. The number of ether oxygens (including phenoxy) is 1. The molecule has 2 fully saturated rings. The molecule has 1 saturated heterocycles. The van der Waals surface area contributed by atoms with Crippen LogP contribution in [0, 0.1) is 12.7 Å². The highest BCUT2D eigenvalue weighted by Gasteiger charge is 2.47. The first-order valence-electron chi connectivity index (χ1n) is 9.87. The number of aryl methyl sites for hydroxylation is 1. The summed E-state index contributed by atoms with van der Waals surface area (Å²) in [5.74, 6) is -0.403. The van der Waals surface area contributed by atoms with E-state index in [0.29, 0.717) is 12.0 Å². The number of hydrogen-bond donors (Lipinski definition) is 2. The van der Waals surface area contributed by atoms with Crippen LogP contribution < -0.4 is 15.5 Å². The minimum Gasteiger partial charge on any atom is -0.373 e. The average molecular weight is 381 g/mol. The number of carbonyl (C=O) groups is 1. The minimum atomic E-state index is -0.465. The van der Waals surface area contributed by atoms with Crippen molar-refractivity contribution >= 4 is 23.0 Å². The van der Waals surface area contributed by atoms with Crippen LogP contribution in [0.2, 0.25) is 0 Å². The van der Waals surface area contributed by atoms with E-state index < -0.39 is 6.04 Å². The molecule has 28 heavy (non-hydrogen) atoms. The first kappa shape index (κ1) is 17.5. The standard InChI is InChI=1S/C22H24FN3O2/c1-14-5-6-18(23)17-12-19(25-20(14)17)21(27)24-15-3-2-4-16(11-15)26-9-10-28-22(13-26)7-8-22/h2-6,11,19,25H,7-10,12-13H2,1H3,(H,24,27). The van der Waals surface area contributed by atoms with Gasteiger partial charge in [-0.2, -0.15) is 0 Å². The third-order valence-corrected chi connectivity index (χ3v) is 6.04. The van der Waals surface area contributed by atoms with Crippen molar-refractivity contribution in [2.45, 2.75) is 37.8 Å². The van der Waals surface area contributed by atoms with Gasteiger partial charge in [0.15, 0.2) is 0 Å². The fraction of sp³-hybridized carbons (Fsp3) is 0.409. The smallest absolute Gasteiger partial charge is 0.247 e. The summed E-state index contributed by atoms with van der Waals surface area (Å²) < 4.78 is 20.0. The molecule has 2 heterocycles. The highest BCUT2D eigenvalue weighted by molar-refractivity contribution is 5.98. The number of fused-ring (bicyclic) bond motifs is 1. The van der Waals surface area contributed by atoms with Gasteiger partial charge in [-0.25, -0.2) is 4.39 Å². The maximum Gasteiger partial charge on any atom is 0.247 e. The number of hydrogen-bond acceptors (Lipinski definition) is 4. The van der Waals surface area contributed by atoms with Crippen molar-refractivity contribution in [3.63, 3.8) is 0 Å². The van der Waals surface area contributed by atoms with Crippen molar-refractivity contribution in [2.75, 3.05) is 35.2 Å². The summed E-state index contributed by atoms with van der Waals surface area (Å²) in [5, 5.41) is 6.17. The molecule has 2 N–H and O–H groups in total. The second kappa shape index (κ2) is 6.48. The number of halogens is 1. The molecule has 6 heteroatoms. The van der Waals surface area contributed by atoms with Crippen molar-refractivity contribution in [1.82, 2.24) is 0 Å². The topological polar surface area (TPSA) is 53.6 Å². The number of anilines is 3. The first-order valence-corrected chi connectivity index (χ1v) is 9.87. The van der Waals surface area contributed by atoms with E-state index >= 15 is 0 Å². The summed E-state index contributed by atoms with van der Waals surface area (Å²) in [6.07, 6.45) is 2.62. The molecule has 0 aromatic heterocycles. The fourth-order valence-electron chi connectivity index (χ4n) is 4.24. The van der Waals surface area contributed by atoms with Gasteiger partial charge >= 0.3 is 0 Å². The van der Waals surface area contributed by atoms with Crippen LogP contribution in [-0.2, 0) is 16.0 Å². The van der Waals surface area contributed by atoms with E-state index in [2.05, 4.69) is 21.6 Å². The number of amides is 1. The maximum atomic E-state index is 14.1. The molecule has 0 bridgehead atoms. The number of benzene rings is 2. The lowest BCUT2D eigenvalue weighted by molar-refractivity contribution is -0.116. The summed E-state index contributed by atoms with van der Waals surface area (Å²) in [6.45, 7) is 4.43. The molecule has 1 unspecified atom stereocenters. The molecule has 2 aromatic rings. The molecule has 5 nitrogen and oxygen atoms in total. The van der Waals surface area contributed by atoms with Crippen molar-refractivity contribution in [1.29, 1.82) is 0 Å². The van der Waals surface area contributed by atoms with Gasteiger partial charge in [-0.3, -0.25) is 4.79 Å². The molecule has 2 aliphatic heterocycles. The summed E-state index contributed by atoms with van der Waals surface area (Å²) >= 11 is 0. The zero-order chi connectivity index (χ0) is 19.3. The number of nitrogens with one attached hydrogen (secondary N) is 2. The number of morpholine rings is 1. The van der Waals surface area contributed by atoms with E-state index in [1.165, 1.54) is 6.07 Å². The lowest BCUT2D eigenvalue weighted by Gasteiger charge is -2.35. The van der Waals surface area contributed by atoms with Crippen LogP contribution in [0.5, 0.6) is 0 Å². The van der Waals surface area contributed by atoms with E-state index in [4.69, 9.17) is 4.74 Å². The Morgan fingerprint density at radius 2 is 2.18 bits per heavy atom. The van der Waals surface area contributed by atoms with Crippen molar-refractivity contribution in [3.8, 4) is 0 Å². The molecule has 5 rings (SSSR count). The second-order valence-corrected chi connectivity index (χ2v) is 8.11. The van der Waals surface area contributed by atoms with E-state index in [-0.39, 0.29) is 17.3 Å². The minimum absolute atomic E-state index is 0.0545. The van der Waals surface area contributed by atoms with E-state index in [9.17, 15) is 9.18 Å². The Morgan fingerprint density at radius 3 is 2.96 bits per heavy atom. The molecule has 3 aliphatic rings. The van der Waals surface area contributed by atoms with Crippen molar-refractivity contribution in [2.24, 2.45) is 0 Å². The van der Waals surface area contributed by atoms with Gasteiger partial charge in [-0.15, -0.1) is 0 Å². The Hall–Kier alpha value is -2.60. The summed E-state index contributed by atoms with van der Waals surface area (Å²) in [6, 6.07) is 10.7. The van der Waals surface area contributed by atoms with Gasteiger partial charge in [0.05, 0.1) is 12.2 Å². The molecule has 2 aromatic carbocycles. The Bertz CT molecular complexity index is 910. The van der Waals surface area contributed by atoms with E-state index in [1.807, 2.05) is 25.1 Å². The normalized spacial score (nSPS) is 21.9.